The molecule has 0 aliphatic heterocycles. The first-order chi connectivity index (χ1) is 10.4. The Hall–Kier alpha value is -1.56. The lowest BCUT2D eigenvalue weighted by Crippen LogP contribution is -2.45. The Kier molecular flexibility index (Phi) is 5.83. The van der Waals surface area contributed by atoms with E-state index in [1.54, 1.807) is 30.4 Å². The van der Waals surface area contributed by atoms with Crippen LogP contribution in [-0.2, 0) is 13.0 Å². The van der Waals surface area contributed by atoms with Crippen LogP contribution < -0.4 is 10.6 Å². The van der Waals surface area contributed by atoms with E-state index in [-0.39, 0.29) is 12.6 Å². The van der Waals surface area contributed by atoms with Gasteiger partial charge in [-0.1, -0.05) is 23.7 Å². The number of thiophene rings is 1. The number of amides is 2. The predicted molar refractivity (Wildman–Crippen MR) is 90.3 cm³/mol. The van der Waals surface area contributed by atoms with E-state index in [0.717, 1.165) is 11.1 Å². The van der Waals surface area contributed by atoms with Crippen LogP contribution in [0, 0.1) is 0 Å². The van der Waals surface area contributed by atoms with Crippen LogP contribution in [0.5, 0.6) is 0 Å². The first-order valence-electron chi connectivity index (χ1n) is 6.94. The van der Waals surface area contributed by atoms with Crippen LogP contribution in [0.25, 0.3) is 0 Å². The number of hydrogen-bond donors (Lipinski definition) is 3. The predicted octanol–water partition coefficient (Wildman–Crippen LogP) is 3.19. The van der Waals surface area contributed by atoms with Gasteiger partial charge in [0, 0.05) is 24.5 Å². The maximum absolute atomic E-state index is 11.8. The molecule has 4 nitrogen and oxygen atoms in total. The molecule has 2 rings (SSSR count). The summed E-state index contributed by atoms with van der Waals surface area (Å²) in [4.78, 5) is 11.8. The SMILES string of the molecule is CC(O)(CNC(=O)NCc1ccc(Cl)cc1)Cc1ccsc1. The van der Waals surface area contributed by atoms with Crippen LogP contribution in [0.4, 0.5) is 4.79 Å². The molecule has 0 aliphatic rings. The van der Waals surface area contributed by atoms with E-state index in [1.165, 1.54) is 0 Å². The van der Waals surface area contributed by atoms with E-state index in [2.05, 4.69) is 10.6 Å². The summed E-state index contributed by atoms with van der Waals surface area (Å²) in [6, 6.07) is 8.94. The molecule has 1 atom stereocenters. The highest BCUT2D eigenvalue weighted by Gasteiger charge is 2.21. The monoisotopic (exact) mass is 338 g/mol. The van der Waals surface area contributed by atoms with E-state index in [9.17, 15) is 9.90 Å². The number of carbonyl (C=O) groups is 1. The molecule has 0 saturated carbocycles. The summed E-state index contributed by atoms with van der Waals surface area (Å²) in [6.07, 6.45) is 0.508. The number of aliphatic hydroxyl groups is 1. The van der Waals surface area contributed by atoms with Crippen molar-refractivity contribution in [2.24, 2.45) is 0 Å². The summed E-state index contributed by atoms with van der Waals surface area (Å²) in [5.74, 6) is 0. The van der Waals surface area contributed by atoms with Crippen molar-refractivity contribution in [1.29, 1.82) is 0 Å². The molecule has 1 aromatic heterocycles. The second-order valence-corrected chi connectivity index (χ2v) is 6.68. The van der Waals surface area contributed by atoms with Gasteiger partial charge < -0.3 is 15.7 Å². The van der Waals surface area contributed by atoms with Crippen molar-refractivity contribution in [3.05, 3.63) is 57.2 Å². The summed E-state index contributed by atoms with van der Waals surface area (Å²) < 4.78 is 0. The van der Waals surface area contributed by atoms with Crippen molar-refractivity contribution in [2.45, 2.75) is 25.5 Å². The first-order valence-corrected chi connectivity index (χ1v) is 8.26. The lowest BCUT2D eigenvalue weighted by molar-refractivity contribution is 0.0625. The van der Waals surface area contributed by atoms with Crippen LogP contribution >= 0.6 is 22.9 Å². The average Bonchev–Trinajstić information content (AvgIpc) is 2.97. The van der Waals surface area contributed by atoms with Crippen molar-refractivity contribution in [2.75, 3.05) is 6.54 Å². The molecule has 118 valence electrons. The highest BCUT2D eigenvalue weighted by molar-refractivity contribution is 7.07. The maximum atomic E-state index is 11.8. The van der Waals surface area contributed by atoms with Gasteiger partial charge in [-0.25, -0.2) is 4.79 Å². The standard InChI is InChI=1S/C16H19ClN2O2S/c1-16(21,8-13-6-7-22-10-13)11-19-15(20)18-9-12-2-4-14(17)5-3-12/h2-7,10,21H,8-9,11H2,1H3,(H2,18,19,20). The largest absolute Gasteiger partial charge is 0.388 e. The summed E-state index contributed by atoms with van der Waals surface area (Å²) in [7, 11) is 0. The molecule has 6 heteroatoms. The number of halogens is 1. The van der Waals surface area contributed by atoms with E-state index in [4.69, 9.17) is 11.6 Å². The zero-order chi connectivity index (χ0) is 16.0. The van der Waals surface area contributed by atoms with Crippen molar-refractivity contribution in [1.82, 2.24) is 10.6 Å². The van der Waals surface area contributed by atoms with Gasteiger partial charge in [0.2, 0.25) is 0 Å². The van der Waals surface area contributed by atoms with Crippen molar-refractivity contribution < 1.29 is 9.90 Å². The fraction of sp³-hybridized carbons (Fsp3) is 0.312. The highest BCUT2D eigenvalue weighted by Crippen LogP contribution is 2.15. The van der Waals surface area contributed by atoms with Crippen LogP contribution in [0.3, 0.4) is 0 Å². The Balaban J connectivity index is 1.73. The van der Waals surface area contributed by atoms with Gasteiger partial charge in [0.1, 0.15) is 0 Å². The molecule has 22 heavy (non-hydrogen) atoms. The Morgan fingerprint density at radius 3 is 2.59 bits per heavy atom. The van der Waals surface area contributed by atoms with E-state index in [1.807, 2.05) is 29.0 Å². The molecule has 0 bridgehead atoms. The minimum absolute atomic E-state index is 0.190. The third-order valence-electron chi connectivity index (χ3n) is 3.16. The zero-order valence-electron chi connectivity index (χ0n) is 12.3. The lowest BCUT2D eigenvalue weighted by Gasteiger charge is -2.23. The molecule has 3 N–H and O–H groups in total. The summed E-state index contributed by atoms with van der Waals surface area (Å²) >= 11 is 7.40. The van der Waals surface area contributed by atoms with E-state index < -0.39 is 5.60 Å². The molecular formula is C16H19ClN2O2S. The molecule has 1 heterocycles. The van der Waals surface area contributed by atoms with Gasteiger partial charge in [0.25, 0.3) is 0 Å². The van der Waals surface area contributed by atoms with Crippen LogP contribution in [0.2, 0.25) is 5.02 Å². The number of hydrogen-bond acceptors (Lipinski definition) is 3. The molecule has 0 spiro atoms. The van der Waals surface area contributed by atoms with Crippen molar-refractivity contribution in [3.63, 3.8) is 0 Å². The van der Waals surface area contributed by atoms with Crippen molar-refractivity contribution in [3.8, 4) is 0 Å². The number of benzene rings is 1. The zero-order valence-corrected chi connectivity index (χ0v) is 13.9. The highest BCUT2D eigenvalue weighted by atomic mass is 35.5. The van der Waals surface area contributed by atoms with Gasteiger partial charge in [0.05, 0.1) is 5.60 Å². The Bertz CT molecular complexity index is 597. The topological polar surface area (TPSA) is 61.4 Å². The van der Waals surface area contributed by atoms with E-state index >= 15 is 0 Å². The fourth-order valence-electron chi connectivity index (χ4n) is 2.01. The summed E-state index contributed by atoms with van der Waals surface area (Å²) in [5, 5.41) is 20.4. The average molecular weight is 339 g/mol. The minimum Gasteiger partial charge on any atom is -0.388 e. The minimum atomic E-state index is -0.974. The molecule has 0 radical (unpaired) electrons. The molecule has 2 aromatic rings. The van der Waals surface area contributed by atoms with Gasteiger partial charge in [-0.05, 0) is 47.0 Å². The number of rotatable bonds is 6. The molecule has 2 amide bonds. The number of urea groups is 1. The van der Waals surface area contributed by atoms with Gasteiger partial charge in [-0.2, -0.15) is 11.3 Å². The first kappa shape index (κ1) is 16.8. The molecule has 1 aromatic carbocycles. The Morgan fingerprint density at radius 2 is 1.95 bits per heavy atom. The second-order valence-electron chi connectivity index (χ2n) is 5.47. The third-order valence-corrected chi connectivity index (χ3v) is 4.15. The van der Waals surface area contributed by atoms with Gasteiger partial charge >= 0.3 is 6.03 Å². The summed E-state index contributed by atoms with van der Waals surface area (Å²) in [5.41, 5.74) is 1.06. The van der Waals surface area contributed by atoms with Gasteiger partial charge in [0.15, 0.2) is 0 Å². The molecule has 0 aliphatic carbocycles. The number of nitrogens with one attached hydrogen (secondary N) is 2. The number of carbonyl (C=O) groups excluding carboxylic acids is 1. The Morgan fingerprint density at radius 1 is 1.23 bits per heavy atom. The van der Waals surface area contributed by atoms with Gasteiger partial charge in [-0.3, -0.25) is 0 Å². The molecule has 0 saturated heterocycles. The van der Waals surface area contributed by atoms with Crippen molar-refractivity contribution >= 4 is 29.0 Å². The van der Waals surface area contributed by atoms with Crippen LogP contribution in [-0.4, -0.2) is 23.3 Å². The lowest BCUT2D eigenvalue weighted by atomic mass is 9.98. The van der Waals surface area contributed by atoms with Crippen LogP contribution in [0.15, 0.2) is 41.1 Å². The maximum Gasteiger partial charge on any atom is 0.315 e. The van der Waals surface area contributed by atoms with Gasteiger partial charge in [-0.15, -0.1) is 0 Å². The third kappa shape index (κ3) is 5.67. The molecule has 1 unspecified atom stereocenters. The fourth-order valence-corrected chi connectivity index (χ4v) is 2.81. The van der Waals surface area contributed by atoms with Crippen LogP contribution in [0.1, 0.15) is 18.1 Å². The second kappa shape index (κ2) is 7.63. The Labute approximate surface area is 139 Å². The molecule has 0 fully saturated rings. The summed E-state index contributed by atoms with van der Waals surface area (Å²) in [6.45, 7) is 2.31. The van der Waals surface area contributed by atoms with E-state index in [0.29, 0.717) is 18.0 Å². The molecular weight excluding hydrogens is 320 g/mol. The smallest absolute Gasteiger partial charge is 0.315 e. The quantitative estimate of drug-likeness (QED) is 0.757. The normalized spacial score (nSPS) is 13.4.